The molecule has 0 aliphatic rings. The van der Waals surface area contributed by atoms with Crippen LogP contribution in [0.25, 0.3) is 38.9 Å². The molecule has 1 N–H and O–H groups in total. The molecule has 0 amide bonds. The maximum Gasteiger partial charge on any atom is 0.146 e. The minimum Gasteiger partial charge on any atom is -0.505 e. The molecular formula is C50H56N4O. The average molecular weight is 729 g/mol. The summed E-state index contributed by atoms with van der Waals surface area (Å²) in [5, 5.41) is 14.5. The number of nitrogens with zero attached hydrogens (tertiary/aromatic N) is 4. The average Bonchev–Trinajstić information content (AvgIpc) is 3.43. The van der Waals surface area contributed by atoms with Crippen molar-refractivity contribution in [1.29, 1.82) is 0 Å². The summed E-state index contributed by atoms with van der Waals surface area (Å²) < 4.78 is 2.21. The van der Waals surface area contributed by atoms with E-state index in [0.29, 0.717) is 5.75 Å². The lowest BCUT2D eigenvalue weighted by atomic mass is 9.79. The first-order valence-electron chi connectivity index (χ1n) is 19.5. The number of phenols is 1. The zero-order valence-electron chi connectivity index (χ0n) is 34.7. The highest BCUT2D eigenvalue weighted by Crippen LogP contribution is 2.45. The minimum absolute atomic E-state index is 0.0464. The second-order valence-electron chi connectivity index (χ2n) is 19.1. The molecule has 5 nitrogen and oxygen atoms in total. The lowest BCUT2D eigenvalue weighted by Gasteiger charge is -2.28. The third-order valence-corrected chi connectivity index (χ3v) is 10.7. The molecule has 0 spiro atoms. The van der Waals surface area contributed by atoms with Crippen LogP contribution in [0, 0.1) is 0 Å². The smallest absolute Gasteiger partial charge is 0.146 e. The second kappa shape index (κ2) is 13.4. The summed E-state index contributed by atoms with van der Waals surface area (Å²) >= 11 is 0. The van der Waals surface area contributed by atoms with E-state index in [2.05, 4.69) is 177 Å². The van der Waals surface area contributed by atoms with E-state index in [9.17, 15) is 5.11 Å². The van der Waals surface area contributed by atoms with E-state index in [1.807, 2.05) is 30.5 Å². The second-order valence-corrected chi connectivity index (χ2v) is 19.1. The van der Waals surface area contributed by atoms with E-state index in [1.54, 1.807) is 0 Å². The number of phenolic OH excluding ortho intramolecular Hbond substituents is 1. The molecule has 0 bridgehead atoms. The number of pyridine rings is 2. The van der Waals surface area contributed by atoms with Crippen molar-refractivity contribution < 1.29 is 5.11 Å². The first-order chi connectivity index (χ1) is 25.7. The molecule has 7 rings (SSSR count). The van der Waals surface area contributed by atoms with Gasteiger partial charge in [0.25, 0.3) is 0 Å². The molecule has 3 aromatic heterocycles. The van der Waals surface area contributed by atoms with Gasteiger partial charge in [0, 0.05) is 39.5 Å². The summed E-state index contributed by atoms with van der Waals surface area (Å²) in [6, 6.07) is 38.5. The lowest BCUT2D eigenvalue weighted by molar-refractivity contribution is 0.442. The maximum atomic E-state index is 12.3. The maximum absolute atomic E-state index is 12.3. The third-order valence-electron chi connectivity index (χ3n) is 10.7. The van der Waals surface area contributed by atoms with Gasteiger partial charge in [0.15, 0.2) is 0 Å². The normalized spacial score (nSPS) is 12.8. The van der Waals surface area contributed by atoms with E-state index in [1.165, 1.54) is 11.1 Å². The largest absolute Gasteiger partial charge is 0.505 e. The van der Waals surface area contributed by atoms with Crippen LogP contribution in [0.2, 0.25) is 0 Å². The lowest BCUT2D eigenvalue weighted by Crippen LogP contribution is -2.18. The van der Waals surface area contributed by atoms with Gasteiger partial charge in [-0.3, -0.25) is 9.47 Å². The molecule has 0 aliphatic heterocycles. The minimum atomic E-state index is -0.283. The zero-order chi connectivity index (χ0) is 39.7. The number of anilines is 3. The van der Waals surface area contributed by atoms with Gasteiger partial charge < -0.3 is 5.11 Å². The summed E-state index contributed by atoms with van der Waals surface area (Å²) in [5.74, 6) is 1.13. The molecule has 4 aromatic carbocycles. The van der Waals surface area contributed by atoms with Crippen molar-refractivity contribution in [3.8, 4) is 22.7 Å². The standard InChI is InChI=1S/C50H56N4O/c1-47(2,3)33-24-25-41-37(28-33)38-31-39(49(7,8)9)44(52-46(38)54(41)42-30-34(48(4,5)6)29-40(45(42)55)50(10,11)12)32-19-18-22-36(27-32)53(35-20-14-13-15-21-35)43-23-16-17-26-51-43/h13-31,55H,1-12H3. The molecular weight excluding hydrogens is 673 g/mol. The Balaban J connectivity index is 1.58. The number of rotatable bonds is 5. The number of aromatic hydroxyl groups is 1. The third kappa shape index (κ3) is 7.13. The van der Waals surface area contributed by atoms with Crippen LogP contribution in [0.4, 0.5) is 17.2 Å². The summed E-state index contributed by atoms with van der Waals surface area (Å²) in [6.45, 7) is 26.8. The Bertz CT molecular complexity index is 2480. The van der Waals surface area contributed by atoms with Gasteiger partial charge in [-0.25, -0.2) is 9.97 Å². The molecule has 0 radical (unpaired) electrons. The van der Waals surface area contributed by atoms with Crippen molar-refractivity contribution in [2.75, 3.05) is 4.90 Å². The number of hydrogen-bond acceptors (Lipinski definition) is 4. The molecule has 0 unspecified atom stereocenters. The summed E-state index contributed by atoms with van der Waals surface area (Å²) in [7, 11) is 0. The van der Waals surface area contributed by atoms with Crippen molar-refractivity contribution in [1.82, 2.24) is 14.5 Å². The van der Waals surface area contributed by atoms with Crippen LogP contribution >= 0.6 is 0 Å². The fourth-order valence-electron chi connectivity index (χ4n) is 7.50. The molecule has 55 heavy (non-hydrogen) atoms. The molecule has 0 saturated heterocycles. The molecule has 3 heterocycles. The van der Waals surface area contributed by atoms with Crippen LogP contribution in [0.15, 0.2) is 115 Å². The van der Waals surface area contributed by atoms with Crippen molar-refractivity contribution in [2.45, 2.75) is 105 Å². The quantitative estimate of drug-likeness (QED) is 0.192. The van der Waals surface area contributed by atoms with Gasteiger partial charge in [0.2, 0.25) is 0 Å². The van der Waals surface area contributed by atoms with E-state index in [-0.39, 0.29) is 21.7 Å². The van der Waals surface area contributed by atoms with Crippen LogP contribution < -0.4 is 4.90 Å². The highest BCUT2D eigenvalue weighted by Gasteiger charge is 2.30. The van der Waals surface area contributed by atoms with Gasteiger partial charge in [0.1, 0.15) is 17.2 Å². The van der Waals surface area contributed by atoms with Crippen molar-refractivity contribution in [2.24, 2.45) is 0 Å². The monoisotopic (exact) mass is 728 g/mol. The highest BCUT2D eigenvalue weighted by molar-refractivity contribution is 6.09. The van der Waals surface area contributed by atoms with Gasteiger partial charge in [-0.2, -0.15) is 0 Å². The number of aromatic nitrogens is 3. The van der Waals surface area contributed by atoms with E-state index in [0.717, 1.165) is 67.2 Å². The molecule has 0 saturated carbocycles. The molecule has 7 aromatic rings. The summed E-state index contributed by atoms with van der Waals surface area (Å²) in [6.07, 6.45) is 1.83. The Morgan fingerprint density at radius 3 is 1.82 bits per heavy atom. The van der Waals surface area contributed by atoms with Gasteiger partial charge in [-0.05, 0) is 99.0 Å². The van der Waals surface area contributed by atoms with Gasteiger partial charge in [-0.15, -0.1) is 0 Å². The van der Waals surface area contributed by atoms with Crippen molar-refractivity contribution in [3.63, 3.8) is 0 Å². The van der Waals surface area contributed by atoms with Crippen molar-refractivity contribution in [3.05, 3.63) is 138 Å². The zero-order valence-corrected chi connectivity index (χ0v) is 34.7. The first kappa shape index (κ1) is 37.9. The Morgan fingerprint density at radius 2 is 1.20 bits per heavy atom. The molecule has 5 heteroatoms. The van der Waals surface area contributed by atoms with Crippen LogP contribution in [-0.4, -0.2) is 19.6 Å². The fraction of sp³-hybridized carbons (Fsp3) is 0.320. The summed E-state index contributed by atoms with van der Waals surface area (Å²) in [5.41, 5.74) is 10.3. The predicted molar refractivity (Wildman–Crippen MR) is 233 cm³/mol. The van der Waals surface area contributed by atoms with E-state index < -0.39 is 0 Å². The molecule has 0 aliphatic carbocycles. The molecule has 0 fully saturated rings. The summed E-state index contributed by atoms with van der Waals surface area (Å²) in [4.78, 5) is 12.7. The van der Waals surface area contributed by atoms with E-state index in [4.69, 9.17) is 9.97 Å². The number of fused-ring (bicyclic) bond motifs is 3. The van der Waals surface area contributed by atoms with Crippen LogP contribution in [-0.2, 0) is 21.7 Å². The Hall–Kier alpha value is -5.42. The highest BCUT2D eigenvalue weighted by atomic mass is 16.3. The molecule has 282 valence electrons. The Kier molecular flexibility index (Phi) is 9.23. The van der Waals surface area contributed by atoms with Gasteiger partial charge in [0.05, 0.1) is 16.9 Å². The topological polar surface area (TPSA) is 54.2 Å². The fourth-order valence-corrected chi connectivity index (χ4v) is 7.50. The Labute approximate surface area is 327 Å². The number of benzene rings is 4. The van der Waals surface area contributed by atoms with Crippen LogP contribution in [0.5, 0.6) is 5.75 Å². The Morgan fingerprint density at radius 1 is 0.545 bits per heavy atom. The van der Waals surface area contributed by atoms with Crippen LogP contribution in [0.1, 0.15) is 105 Å². The van der Waals surface area contributed by atoms with Gasteiger partial charge in [-0.1, -0.05) is 132 Å². The van der Waals surface area contributed by atoms with E-state index >= 15 is 0 Å². The SMILES string of the molecule is CC(C)(C)c1cc(-n2c3ccc(C(C)(C)C)cc3c3cc(C(C)(C)C)c(-c4cccc(N(c5ccccc5)c5ccccn5)c4)nc32)c(O)c(C(C)(C)C)c1. The van der Waals surface area contributed by atoms with Gasteiger partial charge >= 0.3 is 0 Å². The first-order valence-corrected chi connectivity index (χ1v) is 19.5. The number of para-hydroxylation sites is 1. The number of hydrogen-bond donors (Lipinski definition) is 1. The van der Waals surface area contributed by atoms with Crippen LogP contribution in [0.3, 0.4) is 0 Å². The van der Waals surface area contributed by atoms with Crippen molar-refractivity contribution >= 4 is 39.1 Å². The predicted octanol–water partition coefficient (Wildman–Crippen LogP) is 13.6. The molecule has 0 atom stereocenters.